The number of rotatable bonds is 5. The Bertz CT molecular complexity index is 347. The van der Waals surface area contributed by atoms with E-state index >= 15 is 0 Å². The molecular weight excluding hydrogens is 216 g/mol. The van der Waals surface area contributed by atoms with E-state index in [1.54, 1.807) is 11.9 Å². The maximum atomic E-state index is 12.9. The maximum Gasteiger partial charge on any atom is 0.159 e. The van der Waals surface area contributed by atoms with Crippen molar-refractivity contribution < 1.29 is 19.0 Å². The molecule has 2 N–H and O–H groups in total. The number of aliphatic hydroxyl groups is 2. The van der Waals surface area contributed by atoms with Gasteiger partial charge in [0.05, 0.1) is 12.7 Å². The Morgan fingerprint density at radius 1 is 1.31 bits per heavy atom. The zero-order chi connectivity index (χ0) is 12.1. The fourth-order valence-electron chi connectivity index (χ4n) is 1.38. The Labute approximate surface area is 92.9 Å². The van der Waals surface area contributed by atoms with E-state index in [0.717, 1.165) is 12.1 Å². The van der Waals surface area contributed by atoms with E-state index in [9.17, 15) is 13.9 Å². The molecule has 90 valence electrons. The molecule has 0 amide bonds. The maximum absolute atomic E-state index is 12.9. The normalized spacial score (nSPS) is 13.1. The van der Waals surface area contributed by atoms with Crippen molar-refractivity contribution in [1.29, 1.82) is 0 Å². The fraction of sp³-hybridized carbons (Fsp3) is 0.455. The number of benzene rings is 1. The number of nitrogens with zero attached hydrogens (tertiary/aromatic N) is 1. The molecule has 0 saturated heterocycles. The Morgan fingerprint density at radius 3 is 2.56 bits per heavy atom. The lowest BCUT2D eigenvalue weighted by molar-refractivity contribution is 0.114. The first-order valence-electron chi connectivity index (χ1n) is 4.97. The predicted molar refractivity (Wildman–Crippen MR) is 55.9 cm³/mol. The van der Waals surface area contributed by atoms with Crippen LogP contribution in [0.25, 0.3) is 0 Å². The van der Waals surface area contributed by atoms with Gasteiger partial charge < -0.3 is 15.1 Å². The van der Waals surface area contributed by atoms with Crippen LogP contribution in [0.5, 0.6) is 0 Å². The van der Waals surface area contributed by atoms with Gasteiger partial charge in [-0.1, -0.05) is 6.07 Å². The van der Waals surface area contributed by atoms with Crippen molar-refractivity contribution in [3.63, 3.8) is 0 Å². The van der Waals surface area contributed by atoms with Crippen LogP contribution in [0, 0.1) is 11.6 Å². The van der Waals surface area contributed by atoms with E-state index in [1.165, 1.54) is 6.07 Å². The van der Waals surface area contributed by atoms with Crippen molar-refractivity contribution in [3.05, 3.63) is 35.4 Å². The molecule has 0 fully saturated rings. The Balaban J connectivity index is 2.65. The van der Waals surface area contributed by atoms with Crippen LogP contribution in [0.15, 0.2) is 18.2 Å². The highest BCUT2D eigenvalue weighted by atomic mass is 19.2. The molecule has 0 spiro atoms. The molecule has 0 radical (unpaired) electrons. The van der Waals surface area contributed by atoms with Gasteiger partial charge in [0.15, 0.2) is 11.6 Å². The van der Waals surface area contributed by atoms with Crippen molar-refractivity contribution in [2.45, 2.75) is 6.10 Å². The highest BCUT2D eigenvalue weighted by Crippen LogP contribution is 2.16. The summed E-state index contributed by atoms with van der Waals surface area (Å²) >= 11 is 0. The fourth-order valence-corrected chi connectivity index (χ4v) is 1.38. The smallest absolute Gasteiger partial charge is 0.159 e. The molecule has 3 nitrogen and oxygen atoms in total. The molecule has 16 heavy (non-hydrogen) atoms. The van der Waals surface area contributed by atoms with Crippen molar-refractivity contribution in [3.8, 4) is 0 Å². The molecule has 0 aliphatic heterocycles. The van der Waals surface area contributed by atoms with E-state index in [4.69, 9.17) is 5.11 Å². The second kappa shape index (κ2) is 5.89. The number of hydrogen-bond acceptors (Lipinski definition) is 3. The third-order valence-electron chi connectivity index (χ3n) is 2.29. The van der Waals surface area contributed by atoms with Crippen molar-refractivity contribution in [2.24, 2.45) is 0 Å². The average Bonchev–Trinajstić information content (AvgIpc) is 2.22. The molecule has 0 saturated carbocycles. The Hall–Kier alpha value is -1.04. The second-order valence-electron chi connectivity index (χ2n) is 3.68. The molecular formula is C11H15F2NO2. The van der Waals surface area contributed by atoms with Gasteiger partial charge in [-0.15, -0.1) is 0 Å². The van der Waals surface area contributed by atoms with E-state index < -0.39 is 17.7 Å². The van der Waals surface area contributed by atoms with Gasteiger partial charge in [-0.25, -0.2) is 8.78 Å². The monoisotopic (exact) mass is 231 g/mol. The topological polar surface area (TPSA) is 43.7 Å². The zero-order valence-corrected chi connectivity index (χ0v) is 9.03. The van der Waals surface area contributed by atoms with Crippen LogP contribution < -0.4 is 0 Å². The zero-order valence-electron chi connectivity index (χ0n) is 9.03. The molecule has 0 heterocycles. The minimum Gasteiger partial charge on any atom is -0.395 e. The summed E-state index contributed by atoms with van der Waals surface area (Å²) in [5, 5.41) is 18.4. The lowest BCUT2D eigenvalue weighted by atomic mass is 10.1. The quantitative estimate of drug-likeness (QED) is 0.792. The van der Waals surface area contributed by atoms with Gasteiger partial charge in [-0.2, -0.15) is 0 Å². The minimum absolute atomic E-state index is 0.0129. The first kappa shape index (κ1) is 13.0. The lowest BCUT2D eigenvalue weighted by Crippen LogP contribution is -2.27. The summed E-state index contributed by atoms with van der Waals surface area (Å²) in [4.78, 5) is 1.70. The number of halogens is 2. The van der Waals surface area contributed by atoms with Crippen molar-refractivity contribution in [2.75, 3.05) is 26.7 Å². The van der Waals surface area contributed by atoms with Gasteiger partial charge in [0.1, 0.15) is 0 Å². The minimum atomic E-state index is -0.971. The van der Waals surface area contributed by atoms with Crippen LogP contribution in [0.4, 0.5) is 8.78 Å². The van der Waals surface area contributed by atoms with Crippen LogP contribution in [0.2, 0.25) is 0 Å². The molecule has 5 heteroatoms. The van der Waals surface area contributed by atoms with E-state index in [-0.39, 0.29) is 13.2 Å². The molecule has 1 aromatic rings. The Kier molecular flexibility index (Phi) is 4.79. The SMILES string of the molecule is CN(CCO)CC(O)c1ccc(F)c(F)c1. The lowest BCUT2D eigenvalue weighted by Gasteiger charge is -2.19. The van der Waals surface area contributed by atoms with Crippen LogP contribution in [0.3, 0.4) is 0 Å². The summed E-state index contributed by atoms with van der Waals surface area (Å²) in [5.74, 6) is -1.90. The van der Waals surface area contributed by atoms with Crippen molar-refractivity contribution >= 4 is 0 Å². The van der Waals surface area contributed by atoms with E-state index in [1.807, 2.05) is 0 Å². The van der Waals surface area contributed by atoms with Crippen molar-refractivity contribution in [1.82, 2.24) is 4.90 Å². The van der Waals surface area contributed by atoms with Crippen LogP contribution in [-0.4, -0.2) is 41.9 Å². The standard InChI is InChI=1S/C11H15F2NO2/c1-14(4-5-15)7-11(16)8-2-3-9(12)10(13)6-8/h2-3,6,11,15-16H,4-5,7H2,1H3. The highest BCUT2D eigenvalue weighted by Gasteiger charge is 2.12. The molecule has 1 aromatic carbocycles. The first-order chi connectivity index (χ1) is 7.54. The highest BCUT2D eigenvalue weighted by molar-refractivity contribution is 5.20. The summed E-state index contributed by atoms with van der Waals surface area (Å²) in [6, 6.07) is 3.31. The van der Waals surface area contributed by atoms with E-state index in [0.29, 0.717) is 12.1 Å². The molecule has 0 aliphatic carbocycles. The summed E-state index contributed by atoms with van der Waals surface area (Å²) in [6.45, 7) is 0.660. The molecule has 0 bridgehead atoms. The van der Waals surface area contributed by atoms with Crippen LogP contribution in [-0.2, 0) is 0 Å². The predicted octanol–water partition coefficient (Wildman–Crippen LogP) is 0.922. The molecule has 1 unspecified atom stereocenters. The molecule has 0 aromatic heterocycles. The molecule has 1 atom stereocenters. The van der Waals surface area contributed by atoms with Gasteiger partial charge in [0.25, 0.3) is 0 Å². The van der Waals surface area contributed by atoms with Gasteiger partial charge in [-0.05, 0) is 24.7 Å². The van der Waals surface area contributed by atoms with Crippen LogP contribution in [0.1, 0.15) is 11.7 Å². The number of hydrogen-bond donors (Lipinski definition) is 2. The van der Waals surface area contributed by atoms with Gasteiger partial charge in [0.2, 0.25) is 0 Å². The third-order valence-corrected chi connectivity index (χ3v) is 2.29. The van der Waals surface area contributed by atoms with E-state index in [2.05, 4.69) is 0 Å². The largest absolute Gasteiger partial charge is 0.395 e. The second-order valence-corrected chi connectivity index (χ2v) is 3.68. The third kappa shape index (κ3) is 3.52. The summed E-state index contributed by atoms with van der Waals surface area (Å²) < 4.78 is 25.5. The summed E-state index contributed by atoms with van der Waals surface area (Å²) in [6.07, 6.45) is -0.897. The number of aliphatic hydroxyl groups excluding tert-OH is 2. The van der Waals surface area contributed by atoms with Gasteiger partial charge >= 0.3 is 0 Å². The Morgan fingerprint density at radius 2 is 2.00 bits per heavy atom. The average molecular weight is 231 g/mol. The first-order valence-corrected chi connectivity index (χ1v) is 4.97. The summed E-state index contributed by atoms with van der Waals surface area (Å²) in [5.41, 5.74) is 0.323. The van der Waals surface area contributed by atoms with Crippen LogP contribution >= 0.6 is 0 Å². The number of likely N-dealkylation sites (N-methyl/N-ethyl adjacent to an activating group) is 1. The molecule has 0 aliphatic rings. The van der Waals surface area contributed by atoms with Gasteiger partial charge in [-0.3, -0.25) is 0 Å². The van der Waals surface area contributed by atoms with Gasteiger partial charge in [0, 0.05) is 13.1 Å². The summed E-state index contributed by atoms with van der Waals surface area (Å²) in [7, 11) is 1.72. The molecule has 1 rings (SSSR count).